The first-order valence-corrected chi connectivity index (χ1v) is 7.61. The molecule has 1 unspecified atom stereocenters. The van der Waals surface area contributed by atoms with E-state index in [0.717, 1.165) is 24.5 Å². The van der Waals surface area contributed by atoms with Crippen molar-refractivity contribution in [3.8, 4) is 5.75 Å². The smallest absolute Gasteiger partial charge is 0.124 e. The van der Waals surface area contributed by atoms with E-state index in [-0.39, 0.29) is 6.04 Å². The molecule has 0 saturated carbocycles. The molecule has 1 aromatic carbocycles. The van der Waals surface area contributed by atoms with E-state index in [4.69, 9.17) is 4.74 Å². The van der Waals surface area contributed by atoms with Gasteiger partial charge in [0.1, 0.15) is 5.75 Å². The molecular weight excluding hydrogens is 262 g/mol. The SMILES string of the molecule is CCNC(Cn1nc(C)cc1C)c1ccccc1OCC. The van der Waals surface area contributed by atoms with Crippen LogP contribution in [0.1, 0.15) is 36.8 Å². The van der Waals surface area contributed by atoms with Gasteiger partial charge in [-0.25, -0.2) is 0 Å². The van der Waals surface area contributed by atoms with Crippen LogP contribution in [0.25, 0.3) is 0 Å². The lowest BCUT2D eigenvalue weighted by molar-refractivity contribution is 0.327. The summed E-state index contributed by atoms with van der Waals surface area (Å²) >= 11 is 0. The predicted molar refractivity (Wildman–Crippen MR) is 85.7 cm³/mol. The van der Waals surface area contributed by atoms with Crippen LogP contribution in [0.3, 0.4) is 0 Å². The van der Waals surface area contributed by atoms with Crippen molar-refractivity contribution in [2.45, 2.75) is 40.3 Å². The zero-order chi connectivity index (χ0) is 15.2. The third-order valence-electron chi connectivity index (χ3n) is 3.50. The van der Waals surface area contributed by atoms with Gasteiger partial charge in [-0.3, -0.25) is 4.68 Å². The number of hydrogen-bond donors (Lipinski definition) is 1. The zero-order valence-corrected chi connectivity index (χ0v) is 13.4. The van der Waals surface area contributed by atoms with Crippen molar-refractivity contribution in [2.75, 3.05) is 13.2 Å². The van der Waals surface area contributed by atoms with Crippen LogP contribution >= 0.6 is 0 Å². The van der Waals surface area contributed by atoms with Crippen molar-refractivity contribution in [2.24, 2.45) is 0 Å². The summed E-state index contributed by atoms with van der Waals surface area (Å²) in [6, 6.07) is 10.5. The van der Waals surface area contributed by atoms with Crippen LogP contribution in [0, 0.1) is 13.8 Å². The fourth-order valence-corrected chi connectivity index (χ4v) is 2.61. The quantitative estimate of drug-likeness (QED) is 0.849. The molecule has 0 aliphatic rings. The average Bonchev–Trinajstić information content (AvgIpc) is 2.77. The fourth-order valence-electron chi connectivity index (χ4n) is 2.61. The van der Waals surface area contributed by atoms with Crippen LogP contribution in [0.5, 0.6) is 5.75 Å². The molecule has 4 heteroatoms. The molecule has 4 nitrogen and oxygen atoms in total. The van der Waals surface area contributed by atoms with E-state index in [9.17, 15) is 0 Å². The normalized spacial score (nSPS) is 12.4. The van der Waals surface area contributed by atoms with Crippen molar-refractivity contribution in [3.63, 3.8) is 0 Å². The molecule has 0 spiro atoms. The van der Waals surface area contributed by atoms with E-state index >= 15 is 0 Å². The standard InChI is InChI=1S/C17H25N3O/c1-5-18-16(12-20-14(4)11-13(3)19-20)15-9-7-8-10-17(15)21-6-2/h7-11,16,18H,5-6,12H2,1-4H3. The Labute approximate surface area is 127 Å². The average molecular weight is 287 g/mol. The Morgan fingerprint density at radius 2 is 2.00 bits per heavy atom. The lowest BCUT2D eigenvalue weighted by Crippen LogP contribution is -2.26. The highest BCUT2D eigenvalue weighted by Crippen LogP contribution is 2.26. The largest absolute Gasteiger partial charge is 0.494 e. The number of nitrogens with zero attached hydrogens (tertiary/aromatic N) is 2. The summed E-state index contributed by atoms with van der Waals surface area (Å²) < 4.78 is 7.83. The summed E-state index contributed by atoms with van der Waals surface area (Å²) in [6.45, 7) is 10.6. The van der Waals surface area contributed by atoms with Crippen molar-refractivity contribution < 1.29 is 4.74 Å². The second-order valence-corrected chi connectivity index (χ2v) is 5.19. The molecule has 0 aliphatic carbocycles. The number of aryl methyl sites for hydroxylation is 2. The number of rotatable bonds is 7. The maximum Gasteiger partial charge on any atom is 0.124 e. The first-order valence-electron chi connectivity index (χ1n) is 7.61. The van der Waals surface area contributed by atoms with Crippen LogP contribution < -0.4 is 10.1 Å². The van der Waals surface area contributed by atoms with Gasteiger partial charge in [-0.2, -0.15) is 5.10 Å². The third kappa shape index (κ3) is 3.85. The number of nitrogens with one attached hydrogen (secondary N) is 1. The van der Waals surface area contributed by atoms with Crippen LogP contribution in [0.2, 0.25) is 0 Å². The number of ether oxygens (including phenoxy) is 1. The van der Waals surface area contributed by atoms with Crippen LogP contribution in [0.15, 0.2) is 30.3 Å². The summed E-state index contributed by atoms with van der Waals surface area (Å²) in [5.74, 6) is 0.951. The Morgan fingerprint density at radius 3 is 2.62 bits per heavy atom. The third-order valence-corrected chi connectivity index (χ3v) is 3.50. The molecule has 0 radical (unpaired) electrons. The lowest BCUT2D eigenvalue weighted by Gasteiger charge is -2.22. The summed E-state index contributed by atoms with van der Waals surface area (Å²) in [6.07, 6.45) is 0. The number of likely N-dealkylation sites (N-methyl/N-ethyl adjacent to an activating group) is 1. The molecule has 114 valence electrons. The summed E-state index contributed by atoms with van der Waals surface area (Å²) in [7, 11) is 0. The lowest BCUT2D eigenvalue weighted by atomic mass is 10.1. The molecule has 0 aliphatic heterocycles. The van der Waals surface area contributed by atoms with E-state index in [2.05, 4.69) is 47.1 Å². The van der Waals surface area contributed by atoms with Gasteiger partial charge < -0.3 is 10.1 Å². The zero-order valence-electron chi connectivity index (χ0n) is 13.4. The molecule has 0 bridgehead atoms. The van der Waals surface area contributed by atoms with Crippen molar-refractivity contribution >= 4 is 0 Å². The highest BCUT2D eigenvalue weighted by molar-refractivity contribution is 5.36. The minimum atomic E-state index is 0.191. The minimum absolute atomic E-state index is 0.191. The van der Waals surface area contributed by atoms with Gasteiger partial charge in [0, 0.05) is 11.3 Å². The van der Waals surface area contributed by atoms with Crippen LogP contribution in [0.4, 0.5) is 0 Å². The molecule has 2 aromatic rings. The van der Waals surface area contributed by atoms with Gasteiger partial charge in [-0.1, -0.05) is 25.1 Å². The van der Waals surface area contributed by atoms with Gasteiger partial charge in [0.2, 0.25) is 0 Å². The van der Waals surface area contributed by atoms with E-state index in [0.29, 0.717) is 6.61 Å². The van der Waals surface area contributed by atoms with Gasteiger partial charge >= 0.3 is 0 Å². The van der Waals surface area contributed by atoms with Gasteiger partial charge in [-0.05, 0) is 39.4 Å². The summed E-state index contributed by atoms with van der Waals surface area (Å²) in [4.78, 5) is 0. The second-order valence-electron chi connectivity index (χ2n) is 5.19. The topological polar surface area (TPSA) is 39.1 Å². The van der Waals surface area contributed by atoms with Gasteiger partial charge in [-0.15, -0.1) is 0 Å². The maximum atomic E-state index is 5.77. The van der Waals surface area contributed by atoms with Crippen molar-refractivity contribution in [3.05, 3.63) is 47.3 Å². The first-order chi connectivity index (χ1) is 10.2. The molecule has 0 fully saturated rings. The first kappa shape index (κ1) is 15.6. The molecular formula is C17H25N3O. The highest BCUT2D eigenvalue weighted by atomic mass is 16.5. The van der Waals surface area contributed by atoms with E-state index < -0.39 is 0 Å². The Bertz CT molecular complexity index is 577. The Hall–Kier alpha value is -1.81. The Morgan fingerprint density at radius 1 is 1.24 bits per heavy atom. The molecule has 0 saturated heterocycles. The van der Waals surface area contributed by atoms with Crippen molar-refractivity contribution in [1.82, 2.24) is 15.1 Å². The Kier molecular flexibility index (Phi) is 5.39. The number of benzene rings is 1. The van der Waals surface area contributed by atoms with Crippen LogP contribution in [-0.2, 0) is 6.54 Å². The van der Waals surface area contributed by atoms with Gasteiger partial charge in [0.15, 0.2) is 0 Å². The molecule has 1 aromatic heterocycles. The molecule has 1 N–H and O–H groups in total. The fraction of sp³-hybridized carbons (Fsp3) is 0.471. The highest BCUT2D eigenvalue weighted by Gasteiger charge is 2.17. The predicted octanol–water partition coefficient (Wildman–Crippen LogP) is 3.25. The minimum Gasteiger partial charge on any atom is -0.494 e. The summed E-state index contributed by atoms with van der Waals surface area (Å²) in [5.41, 5.74) is 3.43. The van der Waals surface area contributed by atoms with E-state index in [1.165, 1.54) is 11.3 Å². The monoisotopic (exact) mass is 287 g/mol. The molecule has 1 heterocycles. The maximum absolute atomic E-state index is 5.77. The Balaban J connectivity index is 2.28. The molecule has 2 rings (SSSR count). The number of hydrogen-bond acceptors (Lipinski definition) is 3. The number of para-hydroxylation sites is 1. The van der Waals surface area contributed by atoms with E-state index in [1.807, 2.05) is 26.0 Å². The molecule has 1 atom stereocenters. The summed E-state index contributed by atoms with van der Waals surface area (Å²) in [5, 5.41) is 8.11. The van der Waals surface area contributed by atoms with Crippen molar-refractivity contribution in [1.29, 1.82) is 0 Å². The van der Waals surface area contributed by atoms with Crippen LogP contribution in [-0.4, -0.2) is 22.9 Å². The number of aromatic nitrogens is 2. The van der Waals surface area contributed by atoms with Gasteiger partial charge in [0.05, 0.1) is 24.9 Å². The molecule has 0 amide bonds. The molecule has 21 heavy (non-hydrogen) atoms. The second kappa shape index (κ2) is 7.27. The van der Waals surface area contributed by atoms with Gasteiger partial charge in [0.25, 0.3) is 0 Å². The van der Waals surface area contributed by atoms with E-state index in [1.54, 1.807) is 0 Å².